The first-order chi connectivity index (χ1) is 13.9. The highest BCUT2D eigenvalue weighted by atomic mass is 32.2. The van der Waals surface area contributed by atoms with Crippen molar-refractivity contribution < 1.29 is 9.18 Å². The fourth-order valence-corrected chi connectivity index (χ4v) is 4.47. The van der Waals surface area contributed by atoms with Crippen molar-refractivity contribution >= 4 is 46.0 Å². The molecule has 0 bridgehead atoms. The fourth-order valence-electron chi connectivity index (χ4n) is 3.21. The highest BCUT2D eigenvalue weighted by Gasteiger charge is 2.37. The third-order valence-corrected chi connectivity index (χ3v) is 6.04. The van der Waals surface area contributed by atoms with E-state index < -0.39 is 11.7 Å². The summed E-state index contributed by atoms with van der Waals surface area (Å²) in [5, 5.41) is 0. The average Bonchev–Trinajstić information content (AvgIpc) is 3.10. The number of hydrogen-bond acceptors (Lipinski definition) is 4. The summed E-state index contributed by atoms with van der Waals surface area (Å²) in [6.07, 6.45) is 1.46. The second-order valence-corrected chi connectivity index (χ2v) is 8.12. The molecular weight excluding hydrogens is 409 g/mol. The molecule has 2 aromatic carbocycles. The standard InChI is InChI=1S/C21H16FN3O2S2/c1-13-18(20(27)25(23(13)2)15-9-4-3-5-10-15)24-19(26)17(29-21(24)28)12-14-8-6-7-11-16(14)22/h3-12H,1-2H3. The number of para-hydroxylation sites is 1. The molecule has 1 saturated heterocycles. The molecule has 1 amide bonds. The summed E-state index contributed by atoms with van der Waals surface area (Å²) in [4.78, 5) is 27.8. The molecule has 146 valence electrons. The molecule has 8 heteroatoms. The van der Waals surface area contributed by atoms with E-state index >= 15 is 0 Å². The summed E-state index contributed by atoms with van der Waals surface area (Å²) in [5.41, 5.74) is 1.43. The van der Waals surface area contributed by atoms with Gasteiger partial charge in [-0.05, 0) is 31.2 Å². The average molecular weight is 426 g/mol. The maximum atomic E-state index is 14.0. The lowest BCUT2D eigenvalue weighted by atomic mass is 10.2. The number of amides is 1. The van der Waals surface area contributed by atoms with Gasteiger partial charge in [-0.25, -0.2) is 9.07 Å². The monoisotopic (exact) mass is 425 g/mol. The number of rotatable bonds is 3. The van der Waals surface area contributed by atoms with E-state index in [0.717, 1.165) is 11.8 Å². The van der Waals surface area contributed by atoms with Gasteiger partial charge >= 0.3 is 0 Å². The van der Waals surface area contributed by atoms with Crippen molar-refractivity contribution in [2.45, 2.75) is 6.92 Å². The molecule has 5 nitrogen and oxygen atoms in total. The zero-order valence-corrected chi connectivity index (χ0v) is 17.3. The predicted molar refractivity (Wildman–Crippen MR) is 118 cm³/mol. The molecule has 2 heterocycles. The number of carbonyl (C=O) groups is 1. The first-order valence-electron chi connectivity index (χ1n) is 8.76. The van der Waals surface area contributed by atoms with Crippen LogP contribution in [0.25, 0.3) is 11.8 Å². The Kier molecular flexibility index (Phi) is 4.97. The van der Waals surface area contributed by atoms with Crippen LogP contribution in [0.2, 0.25) is 0 Å². The molecule has 0 atom stereocenters. The van der Waals surface area contributed by atoms with Gasteiger partial charge < -0.3 is 0 Å². The Morgan fingerprint density at radius 1 is 1.03 bits per heavy atom. The molecule has 0 unspecified atom stereocenters. The second-order valence-electron chi connectivity index (χ2n) is 6.45. The first kappa shape index (κ1) is 19.4. The largest absolute Gasteiger partial charge is 0.296 e. The number of nitrogens with zero attached hydrogens (tertiary/aromatic N) is 3. The molecule has 0 saturated carbocycles. The van der Waals surface area contributed by atoms with Gasteiger partial charge in [0.05, 0.1) is 16.3 Å². The highest BCUT2D eigenvalue weighted by Crippen LogP contribution is 2.36. The Morgan fingerprint density at radius 2 is 1.69 bits per heavy atom. The Hall–Kier alpha value is -2.97. The van der Waals surface area contributed by atoms with Gasteiger partial charge in [0.2, 0.25) is 0 Å². The quantitative estimate of drug-likeness (QED) is 0.470. The fraction of sp³-hybridized carbons (Fsp3) is 0.0952. The van der Waals surface area contributed by atoms with Crippen molar-refractivity contribution in [1.29, 1.82) is 0 Å². The summed E-state index contributed by atoms with van der Waals surface area (Å²) in [7, 11) is 1.75. The van der Waals surface area contributed by atoms with Crippen LogP contribution in [-0.4, -0.2) is 19.6 Å². The van der Waals surface area contributed by atoms with Crippen molar-refractivity contribution in [3.8, 4) is 5.69 Å². The summed E-state index contributed by atoms with van der Waals surface area (Å²) in [6.45, 7) is 1.76. The number of anilines is 1. The van der Waals surface area contributed by atoms with E-state index in [1.54, 1.807) is 36.9 Å². The number of hydrogen-bond donors (Lipinski definition) is 0. The molecule has 4 rings (SSSR count). The maximum Gasteiger partial charge on any atom is 0.296 e. The topological polar surface area (TPSA) is 47.2 Å². The number of thiocarbonyl (C=S) groups is 1. The Labute approximate surface area is 176 Å². The van der Waals surface area contributed by atoms with E-state index in [2.05, 4.69) is 0 Å². The number of aromatic nitrogens is 2. The molecule has 0 radical (unpaired) electrons. The Balaban J connectivity index is 1.80. The van der Waals surface area contributed by atoms with Gasteiger partial charge in [-0.2, -0.15) is 0 Å². The van der Waals surface area contributed by atoms with Crippen molar-refractivity contribution in [3.05, 3.63) is 86.9 Å². The molecule has 0 spiro atoms. The van der Waals surface area contributed by atoms with Gasteiger partial charge in [0.1, 0.15) is 11.5 Å². The lowest BCUT2D eigenvalue weighted by Crippen LogP contribution is -2.33. The number of benzene rings is 2. The summed E-state index contributed by atoms with van der Waals surface area (Å²) >= 11 is 6.44. The van der Waals surface area contributed by atoms with Gasteiger partial charge in [-0.1, -0.05) is 60.4 Å². The lowest BCUT2D eigenvalue weighted by Gasteiger charge is -2.12. The van der Waals surface area contributed by atoms with Crippen LogP contribution in [0.5, 0.6) is 0 Å². The van der Waals surface area contributed by atoms with E-state index in [1.807, 2.05) is 30.3 Å². The lowest BCUT2D eigenvalue weighted by molar-refractivity contribution is -0.113. The van der Waals surface area contributed by atoms with E-state index in [0.29, 0.717) is 16.9 Å². The van der Waals surface area contributed by atoms with Crippen LogP contribution in [0.15, 0.2) is 64.3 Å². The molecular formula is C21H16FN3O2S2. The zero-order chi connectivity index (χ0) is 20.7. The van der Waals surface area contributed by atoms with Crippen molar-refractivity contribution in [3.63, 3.8) is 0 Å². The zero-order valence-electron chi connectivity index (χ0n) is 15.6. The number of carbonyl (C=O) groups excluding carboxylic acids is 1. The minimum absolute atomic E-state index is 0.204. The molecule has 29 heavy (non-hydrogen) atoms. The molecule has 0 N–H and O–H groups in total. The van der Waals surface area contributed by atoms with Crippen LogP contribution < -0.4 is 10.5 Å². The molecule has 3 aromatic rings. The van der Waals surface area contributed by atoms with E-state index in [1.165, 1.54) is 21.7 Å². The second kappa shape index (κ2) is 7.46. The van der Waals surface area contributed by atoms with Crippen LogP contribution in [-0.2, 0) is 11.8 Å². The summed E-state index contributed by atoms with van der Waals surface area (Å²) in [5.74, 6) is -0.866. The van der Waals surface area contributed by atoms with E-state index in [-0.39, 0.29) is 20.5 Å². The van der Waals surface area contributed by atoms with Gasteiger partial charge in [0, 0.05) is 12.6 Å². The highest BCUT2D eigenvalue weighted by molar-refractivity contribution is 8.27. The first-order valence-corrected chi connectivity index (χ1v) is 9.99. The maximum absolute atomic E-state index is 14.0. The van der Waals surface area contributed by atoms with Gasteiger partial charge in [-0.15, -0.1) is 0 Å². The van der Waals surface area contributed by atoms with Crippen LogP contribution >= 0.6 is 24.0 Å². The molecule has 1 fully saturated rings. The summed E-state index contributed by atoms with van der Waals surface area (Å²) in [6, 6.07) is 15.3. The smallest absolute Gasteiger partial charge is 0.283 e. The number of halogens is 1. The van der Waals surface area contributed by atoms with Crippen molar-refractivity contribution in [2.75, 3.05) is 4.90 Å². The molecule has 1 aliphatic rings. The van der Waals surface area contributed by atoms with Crippen LogP contribution in [0, 0.1) is 12.7 Å². The summed E-state index contributed by atoms with van der Waals surface area (Å²) < 4.78 is 17.4. The Morgan fingerprint density at radius 3 is 2.38 bits per heavy atom. The van der Waals surface area contributed by atoms with Gasteiger partial charge in [0.15, 0.2) is 4.32 Å². The minimum Gasteiger partial charge on any atom is -0.283 e. The van der Waals surface area contributed by atoms with Crippen molar-refractivity contribution in [1.82, 2.24) is 9.36 Å². The Bertz CT molecular complexity index is 1230. The SMILES string of the molecule is Cc1c(N2C(=O)C(=Cc3ccccc3F)SC2=S)c(=O)n(-c2ccccc2)n1C. The van der Waals surface area contributed by atoms with Crippen LogP contribution in [0.3, 0.4) is 0 Å². The molecule has 1 aliphatic heterocycles. The third kappa shape index (κ3) is 3.24. The van der Waals surface area contributed by atoms with E-state index in [4.69, 9.17) is 12.2 Å². The van der Waals surface area contributed by atoms with E-state index in [9.17, 15) is 14.0 Å². The predicted octanol–water partition coefficient (Wildman–Crippen LogP) is 4.03. The van der Waals surface area contributed by atoms with Crippen LogP contribution in [0.1, 0.15) is 11.3 Å². The normalized spacial score (nSPS) is 15.6. The van der Waals surface area contributed by atoms with Gasteiger partial charge in [-0.3, -0.25) is 19.2 Å². The minimum atomic E-state index is -0.436. The molecule has 1 aromatic heterocycles. The van der Waals surface area contributed by atoms with Gasteiger partial charge in [0.25, 0.3) is 11.5 Å². The van der Waals surface area contributed by atoms with Crippen molar-refractivity contribution in [2.24, 2.45) is 7.05 Å². The third-order valence-electron chi connectivity index (χ3n) is 4.73. The molecule has 0 aliphatic carbocycles. The van der Waals surface area contributed by atoms with Crippen LogP contribution in [0.4, 0.5) is 10.1 Å². The number of thioether (sulfide) groups is 1.